The molecule has 2 aromatic rings. The van der Waals surface area contributed by atoms with Gasteiger partial charge in [-0.05, 0) is 30.3 Å². The van der Waals surface area contributed by atoms with Crippen LogP contribution in [0, 0.1) is 0 Å². The third kappa shape index (κ3) is 5.14. The number of piperazine rings is 1. The average molecular weight is 428 g/mol. The summed E-state index contributed by atoms with van der Waals surface area (Å²) in [6.45, 7) is 4.52. The van der Waals surface area contributed by atoms with E-state index in [2.05, 4.69) is 10.2 Å². The Kier molecular flexibility index (Phi) is 6.66. The molecule has 2 aromatic carbocycles. The van der Waals surface area contributed by atoms with Gasteiger partial charge in [-0.1, -0.05) is 12.1 Å². The van der Waals surface area contributed by atoms with Gasteiger partial charge in [-0.15, -0.1) is 0 Å². The predicted octanol–water partition coefficient (Wildman–Crippen LogP) is 2.37. The number of fused-ring (bicyclic) bond motifs is 1. The second-order valence-corrected chi connectivity index (χ2v) is 7.62. The van der Waals surface area contributed by atoms with Gasteiger partial charge in [-0.3, -0.25) is 4.90 Å². The van der Waals surface area contributed by atoms with E-state index >= 15 is 0 Å². The van der Waals surface area contributed by atoms with Gasteiger partial charge in [0.1, 0.15) is 18.1 Å². The highest BCUT2D eigenvalue weighted by atomic mass is 16.6. The average Bonchev–Trinajstić information content (AvgIpc) is 2.82. The van der Waals surface area contributed by atoms with E-state index in [-0.39, 0.29) is 12.1 Å². The summed E-state index contributed by atoms with van der Waals surface area (Å²) >= 11 is 0. The van der Waals surface area contributed by atoms with Crippen LogP contribution in [-0.4, -0.2) is 75.5 Å². The Morgan fingerprint density at radius 3 is 2.58 bits per heavy atom. The van der Waals surface area contributed by atoms with Crippen molar-refractivity contribution in [1.29, 1.82) is 0 Å². The Labute approximate surface area is 182 Å². The molecular formula is C23H29N3O5. The first-order valence-corrected chi connectivity index (χ1v) is 10.5. The van der Waals surface area contributed by atoms with Crippen molar-refractivity contribution in [2.24, 2.45) is 0 Å². The Bertz CT molecular complexity index is 899. The molecule has 0 radical (unpaired) electrons. The maximum atomic E-state index is 12.6. The zero-order valence-electron chi connectivity index (χ0n) is 18.0. The van der Waals surface area contributed by atoms with Crippen molar-refractivity contribution < 1.29 is 23.7 Å². The summed E-state index contributed by atoms with van der Waals surface area (Å²) in [5, 5.41) is 2.98. The van der Waals surface area contributed by atoms with Crippen molar-refractivity contribution in [2.75, 3.05) is 53.6 Å². The second-order valence-electron chi connectivity index (χ2n) is 7.62. The number of methoxy groups -OCH3 is 2. The number of ether oxygens (including phenoxy) is 4. The minimum Gasteiger partial charge on any atom is -0.497 e. The number of carbonyl (C=O) groups is 1. The van der Waals surface area contributed by atoms with Crippen LogP contribution >= 0.6 is 0 Å². The van der Waals surface area contributed by atoms with Crippen molar-refractivity contribution in [2.45, 2.75) is 12.6 Å². The lowest BCUT2D eigenvalue weighted by Crippen LogP contribution is -2.53. The molecule has 0 bridgehead atoms. The molecule has 0 saturated carbocycles. The lowest BCUT2D eigenvalue weighted by molar-refractivity contribution is 0.0876. The molecule has 1 N–H and O–H groups in total. The molecule has 0 aliphatic carbocycles. The van der Waals surface area contributed by atoms with Gasteiger partial charge in [0.2, 0.25) is 0 Å². The fraction of sp³-hybridized carbons (Fsp3) is 0.435. The smallest absolute Gasteiger partial charge is 0.317 e. The first-order valence-electron chi connectivity index (χ1n) is 10.5. The molecule has 2 aliphatic rings. The molecule has 2 heterocycles. The van der Waals surface area contributed by atoms with E-state index < -0.39 is 0 Å². The van der Waals surface area contributed by atoms with Gasteiger partial charge in [0, 0.05) is 38.3 Å². The van der Waals surface area contributed by atoms with Crippen molar-refractivity contribution in [1.82, 2.24) is 15.1 Å². The van der Waals surface area contributed by atoms with E-state index in [1.165, 1.54) is 0 Å². The number of carbonyl (C=O) groups excluding carboxylic acids is 1. The summed E-state index contributed by atoms with van der Waals surface area (Å²) in [6.07, 6.45) is -0.194. The number of nitrogens with zero attached hydrogens (tertiary/aromatic N) is 2. The molecule has 2 aliphatic heterocycles. The molecule has 0 aromatic heterocycles. The Morgan fingerprint density at radius 1 is 1.06 bits per heavy atom. The number of para-hydroxylation sites is 2. The minimum atomic E-state index is -0.194. The molecule has 2 amide bonds. The SMILES string of the molecule is COc1ccc(OC)c(CN2CCN(C(=O)NCC3COc4ccccc4O3)CC2)c1. The van der Waals surface area contributed by atoms with Gasteiger partial charge >= 0.3 is 6.03 Å². The maximum Gasteiger partial charge on any atom is 0.317 e. The molecule has 8 heteroatoms. The first-order chi connectivity index (χ1) is 15.2. The van der Waals surface area contributed by atoms with Crippen LogP contribution in [0.2, 0.25) is 0 Å². The van der Waals surface area contributed by atoms with E-state index in [1.807, 2.05) is 47.4 Å². The molecule has 1 atom stereocenters. The van der Waals surface area contributed by atoms with Crippen LogP contribution in [0.5, 0.6) is 23.0 Å². The Hall–Kier alpha value is -3.13. The summed E-state index contributed by atoms with van der Waals surface area (Å²) in [6, 6.07) is 13.3. The first kappa shape index (κ1) is 21.1. The summed E-state index contributed by atoms with van der Waals surface area (Å²) < 4.78 is 22.4. The molecule has 8 nitrogen and oxygen atoms in total. The lowest BCUT2D eigenvalue weighted by Gasteiger charge is -2.35. The zero-order chi connectivity index (χ0) is 21.6. The van der Waals surface area contributed by atoms with Crippen LogP contribution in [0.15, 0.2) is 42.5 Å². The molecule has 31 heavy (non-hydrogen) atoms. The van der Waals surface area contributed by atoms with Crippen LogP contribution < -0.4 is 24.3 Å². The highest BCUT2D eigenvalue weighted by molar-refractivity contribution is 5.74. The van der Waals surface area contributed by atoms with E-state index in [0.717, 1.165) is 48.2 Å². The van der Waals surface area contributed by atoms with Crippen molar-refractivity contribution in [3.63, 3.8) is 0 Å². The van der Waals surface area contributed by atoms with E-state index in [9.17, 15) is 4.79 Å². The lowest BCUT2D eigenvalue weighted by atomic mass is 10.1. The van der Waals surface area contributed by atoms with Crippen LogP contribution in [0.3, 0.4) is 0 Å². The van der Waals surface area contributed by atoms with E-state index in [1.54, 1.807) is 14.2 Å². The number of benzene rings is 2. The maximum absolute atomic E-state index is 12.6. The number of amides is 2. The Morgan fingerprint density at radius 2 is 1.84 bits per heavy atom. The molecular weight excluding hydrogens is 398 g/mol. The predicted molar refractivity (Wildman–Crippen MR) is 116 cm³/mol. The summed E-state index contributed by atoms with van der Waals surface area (Å²) in [5.41, 5.74) is 1.08. The minimum absolute atomic E-state index is 0.0685. The Balaban J connectivity index is 1.23. The third-order valence-corrected chi connectivity index (χ3v) is 5.59. The standard InChI is InChI=1S/C23H29N3O5/c1-28-18-7-8-20(29-2)17(13-18)15-25-9-11-26(12-10-25)23(27)24-14-19-16-30-21-5-3-4-6-22(21)31-19/h3-8,13,19H,9-12,14-16H2,1-2H3,(H,24,27). The van der Waals surface area contributed by atoms with Gasteiger partial charge in [-0.2, -0.15) is 0 Å². The van der Waals surface area contributed by atoms with Crippen molar-refractivity contribution >= 4 is 6.03 Å². The molecule has 1 saturated heterocycles. The fourth-order valence-corrected chi connectivity index (χ4v) is 3.83. The number of hydrogen-bond acceptors (Lipinski definition) is 6. The van der Waals surface area contributed by atoms with Crippen molar-refractivity contribution in [3.8, 4) is 23.0 Å². The van der Waals surface area contributed by atoms with Gasteiger partial charge in [-0.25, -0.2) is 4.79 Å². The fourth-order valence-electron chi connectivity index (χ4n) is 3.83. The molecule has 4 rings (SSSR count). The monoisotopic (exact) mass is 427 g/mol. The van der Waals surface area contributed by atoms with Crippen molar-refractivity contribution in [3.05, 3.63) is 48.0 Å². The van der Waals surface area contributed by atoms with Crippen LogP contribution in [-0.2, 0) is 6.54 Å². The van der Waals surface area contributed by atoms with Crippen LogP contribution in [0.25, 0.3) is 0 Å². The number of nitrogens with one attached hydrogen (secondary N) is 1. The van der Waals surface area contributed by atoms with E-state index in [4.69, 9.17) is 18.9 Å². The van der Waals surface area contributed by atoms with Gasteiger partial charge in [0.15, 0.2) is 17.6 Å². The molecule has 1 fully saturated rings. The third-order valence-electron chi connectivity index (χ3n) is 5.59. The summed E-state index contributed by atoms with van der Waals surface area (Å²) in [5.74, 6) is 3.12. The summed E-state index contributed by atoms with van der Waals surface area (Å²) in [7, 11) is 3.33. The molecule has 1 unspecified atom stereocenters. The largest absolute Gasteiger partial charge is 0.497 e. The van der Waals surface area contributed by atoms with Gasteiger partial charge in [0.05, 0.1) is 20.8 Å². The van der Waals surface area contributed by atoms with Gasteiger partial charge in [0.25, 0.3) is 0 Å². The molecule has 0 spiro atoms. The van der Waals surface area contributed by atoms with E-state index in [0.29, 0.717) is 26.2 Å². The number of rotatable bonds is 6. The highest BCUT2D eigenvalue weighted by Gasteiger charge is 2.25. The quantitative estimate of drug-likeness (QED) is 0.763. The second kappa shape index (κ2) is 9.78. The highest BCUT2D eigenvalue weighted by Crippen LogP contribution is 2.30. The number of hydrogen-bond donors (Lipinski definition) is 1. The zero-order valence-corrected chi connectivity index (χ0v) is 18.0. The number of urea groups is 1. The normalized spacial score (nSPS) is 18.4. The topological polar surface area (TPSA) is 72.5 Å². The van der Waals surface area contributed by atoms with Gasteiger partial charge < -0.3 is 29.2 Å². The van der Waals surface area contributed by atoms with Crippen LogP contribution in [0.1, 0.15) is 5.56 Å². The molecule has 166 valence electrons. The summed E-state index contributed by atoms with van der Waals surface area (Å²) in [4.78, 5) is 16.8. The van der Waals surface area contributed by atoms with Crippen LogP contribution in [0.4, 0.5) is 4.79 Å².